The highest BCUT2D eigenvalue weighted by molar-refractivity contribution is 5.80. The van der Waals surface area contributed by atoms with Gasteiger partial charge in [-0.1, -0.05) is 30.3 Å². The van der Waals surface area contributed by atoms with Crippen molar-refractivity contribution in [2.24, 2.45) is 0 Å². The highest BCUT2D eigenvalue weighted by Crippen LogP contribution is 2.07. The summed E-state index contributed by atoms with van der Waals surface area (Å²) in [5.41, 5.74) is 0.931. The van der Waals surface area contributed by atoms with Crippen molar-refractivity contribution in [1.29, 1.82) is 0 Å². The van der Waals surface area contributed by atoms with Gasteiger partial charge in [-0.05, 0) is 12.5 Å². The summed E-state index contributed by atoms with van der Waals surface area (Å²) in [5, 5.41) is 17.9. The first kappa shape index (κ1) is 16.0. The van der Waals surface area contributed by atoms with Gasteiger partial charge in [0.05, 0.1) is 6.61 Å². The lowest BCUT2D eigenvalue weighted by Crippen LogP contribution is -2.45. The van der Waals surface area contributed by atoms with Crippen LogP contribution in [0.15, 0.2) is 30.3 Å². The SMILES string of the molecule is CCN(CC(=O)O)C(=O)N(CCO)Cc1ccccc1. The summed E-state index contributed by atoms with van der Waals surface area (Å²) in [4.78, 5) is 25.7. The maximum Gasteiger partial charge on any atom is 0.323 e. The van der Waals surface area contributed by atoms with Gasteiger partial charge in [0.25, 0.3) is 0 Å². The number of nitrogens with zero attached hydrogens (tertiary/aromatic N) is 2. The molecule has 0 aliphatic heterocycles. The number of benzene rings is 1. The van der Waals surface area contributed by atoms with Crippen molar-refractivity contribution in [3.63, 3.8) is 0 Å². The standard InChI is InChI=1S/C14H20N2O4/c1-2-15(11-13(18)19)14(20)16(8-9-17)10-12-6-4-3-5-7-12/h3-7,17H,2,8-11H2,1H3,(H,18,19). The van der Waals surface area contributed by atoms with Gasteiger partial charge in [0, 0.05) is 19.6 Å². The first-order chi connectivity index (χ1) is 9.58. The van der Waals surface area contributed by atoms with E-state index >= 15 is 0 Å². The summed E-state index contributed by atoms with van der Waals surface area (Å²) in [5.74, 6) is -1.05. The number of carbonyl (C=O) groups is 2. The number of amides is 2. The molecule has 0 heterocycles. The van der Waals surface area contributed by atoms with Gasteiger partial charge in [-0.15, -0.1) is 0 Å². The number of hydrogen-bond donors (Lipinski definition) is 2. The van der Waals surface area contributed by atoms with Crippen LogP contribution in [0.1, 0.15) is 12.5 Å². The van der Waals surface area contributed by atoms with E-state index in [4.69, 9.17) is 10.2 Å². The highest BCUT2D eigenvalue weighted by atomic mass is 16.4. The van der Waals surface area contributed by atoms with Crippen LogP contribution in [0.2, 0.25) is 0 Å². The minimum Gasteiger partial charge on any atom is -0.480 e. The smallest absolute Gasteiger partial charge is 0.323 e. The fourth-order valence-corrected chi connectivity index (χ4v) is 1.84. The summed E-state index contributed by atoms with van der Waals surface area (Å²) in [6, 6.07) is 8.99. The van der Waals surface area contributed by atoms with Gasteiger partial charge in [-0.3, -0.25) is 4.79 Å². The molecular weight excluding hydrogens is 260 g/mol. The number of carboxylic acids is 1. The molecule has 0 fully saturated rings. The maximum absolute atomic E-state index is 12.3. The second-order valence-electron chi connectivity index (χ2n) is 4.32. The topological polar surface area (TPSA) is 81.1 Å². The molecule has 20 heavy (non-hydrogen) atoms. The summed E-state index contributed by atoms with van der Waals surface area (Å²) in [7, 11) is 0. The Hall–Kier alpha value is -2.08. The molecule has 1 rings (SSSR count). The van der Waals surface area contributed by atoms with Gasteiger partial charge in [0.1, 0.15) is 6.54 Å². The van der Waals surface area contributed by atoms with Crippen LogP contribution in [0.3, 0.4) is 0 Å². The Kier molecular flexibility index (Phi) is 6.52. The van der Waals surface area contributed by atoms with Crippen LogP contribution in [0.5, 0.6) is 0 Å². The van der Waals surface area contributed by atoms with Crippen LogP contribution in [-0.2, 0) is 11.3 Å². The lowest BCUT2D eigenvalue weighted by atomic mass is 10.2. The number of carboxylic acid groups (broad SMARTS) is 1. The molecule has 6 nitrogen and oxygen atoms in total. The third kappa shape index (κ3) is 4.89. The summed E-state index contributed by atoms with van der Waals surface area (Å²) >= 11 is 0. The van der Waals surface area contributed by atoms with E-state index in [0.29, 0.717) is 13.1 Å². The van der Waals surface area contributed by atoms with Crippen LogP contribution in [-0.4, -0.2) is 58.3 Å². The van der Waals surface area contributed by atoms with E-state index in [1.165, 1.54) is 9.80 Å². The first-order valence-corrected chi connectivity index (χ1v) is 6.49. The Morgan fingerprint density at radius 3 is 2.30 bits per heavy atom. The fourth-order valence-electron chi connectivity index (χ4n) is 1.84. The molecule has 0 unspecified atom stereocenters. The Balaban J connectivity index is 2.78. The normalized spacial score (nSPS) is 10.1. The molecule has 0 aromatic heterocycles. The Bertz CT molecular complexity index is 436. The average molecular weight is 280 g/mol. The van der Waals surface area contributed by atoms with Crippen LogP contribution >= 0.6 is 0 Å². The first-order valence-electron chi connectivity index (χ1n) is 6.49. The number of hydrogen-bond acceptors (Lipinski definition) is 3. The molecule has 0 radical (unpaired) electrons. The Morgan fingerprint density at radius 2 is 1.80 bits per heavy atom. The molecule has 6 heteroatoms. The molecule has 0 saturated heterocycles. The predicted octanol–water partition coefficient (Wildman–Crippen LogP) is 1.01. The summed E-state index contributed by atoms with van der Waals surface area (Å²) in [6.07, 6.45) is 0. The lowest BCUT2D eigenvalue weighted by Gasteiger charge is -2.28. The fraction of sp³-hybridized carbons (Fsp3) is 0.429. The zero-order valence-electron chi connectivity index (χ0n) is 11.5. The molecule has 2 amide bonds. The second kappa shape index (κ2) is 8.16. The number of aliphatic carboxylic acids is 1. The molecule has 0 atom stereocenters. The van der Waals surface area contributed by atoms with Crippen LogP contribution in [0, 0.1) is 0 Å². The Labute approximate surface area is 118 Å². The third-order valence-corrected chi connectivity index (χ3v) is 2.84. The number of rotatable bonds is 7. The summed E-state index contributed by atoms with van der Waals surface area (Å²) < 4.78 is 0. The van der Waals surface area contributed by atoms with Gasteiger partial charge in [0.15, 0.2) is 0 Å². The highest BCUT2D eigenvalue weighted by Gasteiger charge is 2.21. The minimum atomic E-state index is -1.05. The zero-order chi connectivity index (χ0) is 15.0. The largest absolute Gasteiger partial charge is 0.480 e. The molecule has 0 aliphatic rings. The van der Waals surface area contributed by atoms with Crippen molar-refractivity contribution in [3.05, 3.63) is 35.9 Å². The van der Waals surface area contributed by atoms with Crippen LogP contribution in [0.4, 0.5) is 4.79 Å². The monoisotopic (exact) mass is 280 g/mol. The van der Waals surface area contributed by atoms with Gasteiger partial charge >= 0.3 is 12.0 Å². The molecule has 2 N–H and O–H groups in total. The number of likely N-dealkylation sites (N-methyl/N-ethyl adjacent to an activating group) is 1. The number of urea groups is 1. The third-order valence-electron chi connectivity index (χ3n) is 2.84. The van der Waals surface area contributed by atoms with Crippen LogP contribution in [0.25, 0.3) is 0 Å². The predicted molar refractivity (Wildman–Crippen MR) is 74.2 cm³/mol. The van der Waals surface area contributed by atoms with E-state index in [9.17, 15) is 9.59 Å². The summed E-state index contributed by atoms with van der Waals surface area (Å²) in [6.45, 7) is 2.04. The van der Waals surface area contributed by atoms with E-state index in [1.54, 1.807) is 6.92 Å². The molecule has 110 valence electrons. The van der Waals surface area contributed by atoms with Crippen molar-refractivity contribution in [3.8, 4) is 0 Å². The van der Waals surface area contributed by atoms with E-state index in [1.807, 2.05) is 30.3 Å². The molecule has 1 aromatic carbocycles. The van der Waals surface area contributed by atoms with Gasteiger partial charge in [-0.25, -0.2) is 4.79 Å². The van der Waals surface area contributed by atoms with Gasteiger partial charge in [0.2, 0.25) is 0 Å². The van der Waals surface area contributed by atoms with E-state index < -0.39 is 5.97 Å². The van der Waals surface area contributed by atoms with Crippen molar-refractivity contribution in [1.82, 2.24) is 9.80 Å². The molecule has 1 aromatic rings. The second-order valence-corrected chi connectivity index (χ2v) is 4.32. The zero-order valence-corrected chi connectivity index (χ0v) is 11.5. The average Bonchev–Trinajstić information content (AvgIpc) is 2.44. The number of aliphatic hydroxyl groups is 1. The number of aliphatic hydroxyl groups excluding tert-OH is 1. The van der Waals surface area contributed by atoms with Crippen molar-refractivity contribution in [2.75, 3.05) is 26.2 Å². The quantitative estimate of drug-likeness (QED) is 0.781. The molecule has 0 spiro atoms. The van der Waals surface area contributed by atoms with Gasteiger partial charge in [-0.2, -0.15) is 0 Å². The minimum absolute atomic E-state index is 0.163. The molecule has 0 saturated carbocycles. The Morgan fingerprint density at radius 1 is 1.15 bits per heavy atom. The van der Waals surface area contributed by atoms with Crippen molar-refractivity contribution in [2.45, 2.75) is 13.5 Å². The lowest BCUT2D eigenvalue weighted by molar-refractivity contribution is -0.137. The van der Waals surface area contributed by atoms with Crippen molar-refractivity contribution < 1.29 is 19.8 Å². The maximum atomic E-state index is 12.3. The van der Waals surface area contributed by atoms with Gasteiger partial charge < -0.3 is 20.0 Å². The van der Waals surface area contributed by atoms with E-state index in [0.717, 1.165) is 5.56 Å². The van der Waals surface area contributed by atoms with E-state index in [-0.39, 0.29) is 25.7 Å². The number of carbonyl (C=O) groups excluding carboxylic acids is 1. The molecule has 0 bridgehead atoms. The van der Waals surface area contributed by atoms with E-state index in [2.05, 4.69) is 0 Å². The van der Waals surface area contributed by atoms with Crippen molar-refractivity contribution >= 4 is 12.0 Å². The van der Waals surface area contributed by atoms with Crippen LogP contribution < -0.4 is 0 Å². The molecule has 0 aliphatic carbocycles. The molecular formula is C14H20N2O4.